The van der Waals surface area contributed by atoms with Crippen LogP contribution in [0.25, 0.3) is 0 Å². The van der Waals surface area contributed by atoms with Gasteiger partial charge in [-0.15, -0.1) is 5.10 Å². The summed E-state index contributed by atoms with van der Waals surface area (Å²) in [6, 6.07) is 10.3. The molecular weight excluding hydrogens is 481 g/mol. The van der Waals surface area contributed by atoms with E-state index in [2.05, 4.69) is 20.4 Å². The van der Waals surface area contributed by atoms with Gasteiger partial charge in [0, 0.05) is 61.9 Å². The summed E-state index contributed by atoms with van der Waals surface area (Å²) in [6.07, 6.45) is 5.97. The van der Waals surface area contributed by atoms with E-state index in [1.165, 1.54) is 40.1 Å². The van der Waals surface area contributed by atoms with Crippen LogP contribution in [0.3, 0.4) is 0 Å². The molecule has 3 aromatic rings. The predicted octanol–water partition coefficient (Wildman–Crippen LogP) is 3.60. The Morgan fingerprint density at radius 3 is 2.53 bits per heavy atom. The standard InChI is InChI=1S/C25H30FN7O2S/c1-17-12-23(29-20-8-6-19(26)7-9-20)18(14-27)13-22(17)24-16-32(10-11-33(24)21-4-3-5-21)36(34,35)25-15-28-31(2)30-25/h6-9,12-15,21,24,27,29H,3-5,10-11,16H2,1-2H3/t24-/m0/s1. The lowest BCUT2D eigenvalue weighted by molar-refractivity contribution is 0.0359. The minimum atomic E-state index is -3.78. The van der Waals surface area contributed by atoms with Gasteiger partial charge < -0.3 is 10.7 Å². The molecule has 0 bridgehead atoms. The largest absolute Gasteiger partial charge is 0.355 e. The van der Waals surface area contributed by atoms with E-state index >= 15 is 0 Å². The smallest absolute Gasteiger partial charge is 0.264 e. The highest BCUT2D eigenvalue weighted by Crippen LogP contribution is 2.38. The Labute approximate surface area is 210 Å². The van der Waals surface area contributed by atoms with Crippen molar-refractivity contribution in [1.29, 1.82) is 5.41 Å². The molecule has 1 aliphatic heterocycles. The van der Waals surface area contributed by atoms with Crippen LogP contribution in [0.15, 0.2) is 47.6 Å². The molecule has 1 saturated carbocycles. The molecule has 2 aromatic carbocycles. The van der Waals surface area contributed by atoms with Crippen LogP contribution < -0.4 is 5.32 Å². The Hall–Kier alpha value is -3.15. The number of nitrogens with one attached hydrogen (secondary N) is 2. The Morgan fingerprint density at radius 1 is 1.17 bits per heavy atom. The lowest BCUT2D eigenvalue weighted by Crippen LogP contribution is -2.55. The van der Waals surface area contributed by atoms with Gasteiger partial charge in [-0.3, -0.25) is 4.90 Å². The van der Waals surface area contributed by atoms with Crippen molar-refractivity contribution >= 4 is 27.6 Å². The second kappa shape index (κ2) is 9.72. The number of aromatic nitrogens is 3. The second-order valence-electron chi connectivity index (χ2n) is 9.45. The van der Waals surface area contributed by atoms with Gasteiger partial charge in [0.25, 0.3) is 10.0 Å². The Balaban J connectivity index is 1.48. The van der Waals surface area contributed by atoms with E-state index in [1.807, 2.05) is 19.1 Å². The molecule has 5 rings (SSSR count). The number of aryl methyl sites for hydroxylation is 2. The van der Waals surface area contributed by atoms with E-state index in [1.54, 1.807) is 19.2 Å². The normalized spacial score (nSPS) is 19.7. The molecule has 2 N–H and O–H groups in total. The monoisotopic (exact) mass is 511 g/mol. The van der Waals surface area contributed by atoms with Gasteiger partial charge in [0.05, 0.1) is 6.20 Å². The third-order valence-corrected chi connectivity index (χ3v) is 8.91. The van der Waals surface area contributed by atoms with Crippen LogP contribution in [-0.2, 0) is 17.1 Å². The summed E-state index contributed by atoms with van der Waals surface area (Å²) in [4.78, 5) is 3.68. The predicted molar refractivity (Wildman–Crippen MR) is 136 cm³/mol. The third-order valence-electron chi connectivity index (χ3n) is 7.19. The molecule has 11 heteroatoms. The lowest BCUT2D eigenvalue weighted by atomic mass is 9.87. The molecule has 1 aliphatic carbocycles. The van der Waals surface area contributed by atoms with Crippen LogP contribution in [0, 0.1) is 18.2 Å². The zero-order chi connectivity index (χ0) is 25.4. The van der Waals surface area contributed by atoms with Gasteiger partial charge in [-0.2, -0.15) is 14.2 Å². The molecule has 2 aliphatic rings. The topological polar surface area (TPSA) is 107 Å². The van der Waals surface area contributed by atoms with Gasteiger partial charge in [0.2, 0.25) is 5.03 Å². The number of rotatable bonds is 7. The van der Waals surface area contributed by atoms with Crippen molar-refractivity contribution in [2.45, 2.75) is 43.3 Å². The van der Waals surface area contributed by atoms with E-state index in [9.17, 15) is 12.8 Å². The van der Waals surface area contributed by atoms with Crippen molar-refractivity contribution in [2.24, 2.45) is 7.05 Å². The Kier molecular flexibility index (Phi) is 6.62. The summed E-state index contributed by atoms with van der Waals surface area (Å²) >= 11 is 0. The molecule has 0 spiro atoms. The summed E-state index contributed by atoms with van der Waals surface area (Å²) < 4.78 is 41.5. The maximum absolute atomic E-state index is 13.3. The van der Waals surface area contributed by atoms with Crippen molar-refractivity contribution in [2.75, 3.05) is 25.0 Å². The number of piperazine rings is 1. The SMILES string of the molecule is Cc1cc(Nc2ccc(F)cc2)c(C=N)cc1[C@@H]1CN(S(=O)(=O)c2cnn(C)n2)CCN1C1CCC1. The highest BCUT2D eigenvalue weighted by molar-refractivity contribution is 7.89. The number of hydrogen-bond acceptors (Lipinski definition) is 7. The molecule has 190 valence electrons. The first-order valence-electron chi connectivity index (χ1n) is 12.1. The number of hydrogen-bond donors (Lipinski definition) is 2. The average Bonchev–Trinajstić information content (AvgIpc) is 3.27. The summed E-state index contributed by atoms with van der Waals surface area (Å²) in [5.41, 5.74) is 4.15. The highest BCUT2D eigenvalue weighted by Gasteiger charge is 2.40. The number of halogens is 1. The van der Waals surface area contributed by atoms with Crippen LogP contribution in [0.2, 0.25) is 0 Å². The summed E-state index contributed by atoms with van der Waals surface area (Å²) in [6.45, 7) is 3.34. The molecule has 1 atom stereocenters. The van der Waals surface area contributed by atoms with E-state index in [0.29, 0.717) is 31.2 Å². The van der Waals surface area contributed by atoms with Crippen LogP contribution in [0.1, 0.15) is 42.0 Å². The molecule has 2 fully saturated rings. The van der Waals surface area contributed by atoms with Crippen molar-refractivity contribution in [1.82, 2.24) is 24.2 Å². The van der Waals surface area contributed by atoms with E-state index in [0.717, 1.165) is 35.3 Å². The highest BCUT2D eigenvalue weighted by atomic mass is 32.2. The van der Waals surface area contributed by atoms with Crippen molar-refractivity contribution in [3.05, 3.63) is 65.1 Å². The van der Waals surface area contributed by atoms with Gasteiger partial charge in [0.1, 0.15) is 5.82 Å². The van der Waals surface area contributed by atoms with Gasteiger partial charge in [-0.25, -0.2) is 12.8 Å². The van der Waals surface area contributed by atoms with Crippen molar-refractivity contribution < 1.29 is 12.8 Å². The molecule has 0 radical (unpaired) electrons. The summed E-state index contributed by atoms with van der Waals surface area (Å²) in [7, 11) is -2.18. The molecule has 9 nitrogen and oxygen atoms in total. The van der Waals surface area contributed by atoms with Gasteiger partial charge in [-0.1, -0.05) is 6.42 Å². The number of sulfonamides is 1. The number of anilines is 2. The van der Waals surface area contributed by atoms with E-state index < -0.39 is 10.0 Å². The van der Waals surface area contributed by atoms with Gasteiger partial charge in [0.15, 0.2) is 0 Å². The van der Waals surface area contributed by atoms with Crippen molar-refractivity contribution in [3.63, 3.8) is 0 Å². The summed E-state index contributed by atoms with van der Waals surface area (Å²) in [5, 5.41) is 19.3. The van der Waals surface area contributed by atoms with Crippen molar-refractivity contribution in [3.8, 4) is 0 Å². The quantitative estimate of drug-likeness (QED) is 0.470. The van der Waals surface area contributed by atoms with Crippen LogP contribution >= 0.6 is 0 Å². The minimum absolute atomic E-state index is 0.0448. The fraction of sp³-hybridized carbons (Fsp3) is 0.400. The molecule has 36 heavy (non-hydrogen) atoms. The Bertz CT molecular complexity index is 1370. The zero-order valence-corrected chi connectivity index (χ0v) is 21.2. The Morgan fingerprint density at radius 2 is 1.92 bits per heavy atom. The van der Waals surface area contributed by atoms with E-state index in [4.69, 9.17) is 5.41 Å². The van der Waals surface area contributed by atoms with Gasteiger partial charge in [-0.05, 0) is 67.3 Å². The maximum atomic E-state index is 13.3. The summed E-state index contributed by atoms with van der Waals surface area (Å²) in [5.74, 6) is -0.311. The molecule has 1 saturated heterocycles. The fourth-order valence-electron chi connectivity index (χ4n) is 5.02. The second-order valence-corrected chi connectivity index (χ2v) is 11.3. The first kappa shape index (κ1) is 24.5. The maximum Gasteiger partial charge on any atom is 0.264 e. The number of benzene rings is 2. The first-order valence-corrected chi connectivity index (χ1v) is 13.5. The molecule has 0 unspecified atom stereocenters. The molecule has 2 heterocycles. The third kappa shape index (κ3) is 4.65. The zero-order valence-electron chi connectivity index (χ0n) is 20.4. The molecular formula is C25H30FN7O2S. The van der Waals surface area contributed by atoms with E-state index in [-0.39, 0.29) is 16.9 Å². The lowest BCUT2D eigenvalue weighted by Gasteiger charge is -2.48. The molecule has 0 amide bonds. The van der Waals surface area contributed by atoms with Crippen LogP contribution in [-0.4, -0.2) is 64.5 Å². The molecule has 1 aromatic heterocycles. The van der Waals surface area contributed by atoms with Crippen LogP contribution in [0.5, 0.6) is 0 Å². The fourth-order valence-corrected chi connectivity index (χ4v) is 6.34. The number of nitrogens with zero attached hydrogens (tertiary/aromatic N) is 5. The van der Waals surface area contributed by atoms with Gasteiger partial charge >= 0.3 is 0 Å². The average molecular weight is 512 g/mol. The minimum Gasteiger partial charge on any atom is -0.355 e. The first-order chi connectivity index (χ1) is 17.3. The van der Waals surface area contributed by atoms with Crippen LogP contribution in [0.4, 0.5) is 15.8 Å².